The molecule has 354 valence electrons. The topological polar surface area (TPSA) is 206 Å². The first-order valence-corrected chi connectivity index (χ1v) is 23.1. The van der Waals surface area contributed by atoms with E-state index in [1.54, 1.807) is 59.1 Å². The molecule has 3 aliphatic heterocycles. The Morgan fingerprint density at radius 1 is 0.873 bits per heavy atom. The standard InChI is InChI=1S/C49H75NO13/c1-29-15-10-9-11-16-30(2)39(52)27-36-17-14-21-49(59,63-36)46(56)47(57)50-22-13-12-18-37(50)48(58)62-41(32(4)25-35-19-20-38(51)42(26-35)60-7)28-40(53)31(3)24-34(6)44(55)45(61-8)43(54)33(5)23-29/h9-11,15-16,24,29,31-33,35-39,41-42,44-45,51-52,55,59H,12-14,17-23,25-28H2,1-8H3/b11-9+,15-10+,30-16+,34-24+/t29-,31-,32-,33-,35+,36+,37+,38-,39+,41+,42-,44-,45+,49-/m1/s1. The van der Waals surface area contributed by atoms with Crippen LogP contribution in [0.3, 0.4) is 0 Å². The third kappa shape index (κ3) is 14.3. The highest BCUT2D eigenvalue weighted by atomic mass is 16.6. The maximum atomic E-state index is 14.3. The summed E-state index contributed by atoms with van der Waals surface area (Å²) in [5.74, 6) is -7.43. The number of carbonyl (C=O) groups excluding carboxylic acids is 5. The van der Waals surface area contributed by atoms with Crippen LogP contribution in [-0.2, 0) is 42.9 Å². The van der Waals surface area contributed by atoms with Crippen molar-refractivity contribution in [2.75, 3.05) is 20.8 Å². The first-order chi connectivity index (χ1) is 29.8. The van der Waals surface area contributed by atoms with Gasteiger partial charge in [-0.1, -0.05) is 64.2 Å². The van der Waals surface area contributed by atoms with Crippen molar-refractivity contribution < 1.29 is 63.3 Å². The number of rotatable bonds is 5. The summed E-state index contributed by atoms with van der Waals surface area (Å²) in [7, 11) is 2.93. The quantitative estimate of drug-likeness (QED) is 0.158. The van der Waals surface area contributed by atoms with Crippen molar-refractivity contribution in [3.05, 3.63) is 47.6 Å². The fraction of sp³-hybridized carbons (Fsp3) is 0.735. The molecule has 4 rings (SSSR count). The molecule has 0 aromatic carbocycles. The number of nitrogens with zero attached hydrogens (tertiary/aromatic N) is 1. The molecule has 0 aromatic rings. The van der Waals surface area contributed by atoms with E-state index in [1.807, 2.05) is 26.0 Å². The fourth-order valence-corrected chi connectivity index (χ4v) is 9.65. The number of ketones is 3. The van der Waals surface area contributed by atoms with E-state index in [0.717, 1.165) is 11.3 Å². The van der Waals surface area contributed by atoms with Crippen LogP contribution >= 0.6 is 0 Å². The molecule has 1 aliphatic carbocycles. The monoisotopic (exact) mass is 886 g/mol. The van der Waals surface area contributed by atoms with Crippen LogP contribution < -0.4 is 0 Å². The third-order valence-corrected chi connectivity index (χ3v) is 13.7. The molecule has 4 aliphatic rings. The van der Waals surface area contributed by atoms with Gasteiger partial charge in [-0.25, -0.2) is 4.79 Å². The molecule has 63 heavy (non-hydrogen) atoms. The van der Waals surface area contributed by atoms with Crippen LogP contribution in [0.5, 0.6) is 0 Å². The van der Waals surface area contributed by atoms with Crippen molar-refractivity contribution >= 4 is 29.2 Å². The number of aliphatic hydroxyl groups excluding tert-OH is 3. The van der Waals surface area contributed by atoms with E-state index in [0.29, 0.717) is 62.5 Å². The van der Waals surface area contributed by atoms with Crippen LogP contribution in [0, 0.1) is 29.6 Å². The zero-order valence-corrected chi connectivity index (χ0v) is 38.8. The van der Waals surface area contributed by atoms with Crippen LogP contribution in [0.15, 0.2) is 47.6 Å². The predicted molar refractivity (Wildman–Crippen MR) is 236 cm³/mol. The minimum absolute atomic E-state index is 0.00247. The summed E-state index contributed by atoms with van der Waals surface area (Å²) in [6, 6.07) is -1.15. The van der Waals surface area contributed by atoms with Gasteiger partial charge in [0.15, 0.2) is 5.78 Å². The Balaban J connectivity index is 1.67. The van der Waals surface area contributed by atoms with Crippen LogP contribution in [0.2, 0.25) is 0 Å². The van der Waals surface area contributed by atoms with Gasteiger partial charge in [-0.15, -0.1) is 0 Å². The summed E-state index contributed by atoms with van der Waals surface area (Å²) in [6.45, 7) is 10.8. The third-order valence-electron chi connectivity index (χ3n) is 13.7. The normalized spacial score (nSPS) is 40.1. The smallest absolute Gasteiger partial charge is 0.329 e. The van der Waals surface area contributed by atoms with E-state index in [4.69, 9.17) is 18.9 Å². The number of methoxy groups -OCH3 is 2. The molecule has 1 amide bonds. The molecule has 0 radical (unpaired) electrons. The van der Waals surface area contributed by atoms with Crippen molar-refractivity contribution in [3.8, 4) is 0 Å². The molecule has 0 unspecified atom stereocenters. The molecule has 0 spiro atoms. The largest absolute Gasteiger partial charge is 0.460 e. The van der Waals surface area contributed by atoms with Gasteiger partial charge in [-0.05, 0) is 107 Å². The van der Waals surface area contributed by atoms with Gasteiger partial charge >= 0.3 is 5.97 Å². The number of allylic oxidation sites excluding steroid dienone is 6. The fourth-order valence-electron chi connectivity index (χ4n) is 9.65. The van der Waals surface area contributed by atoms with Crippen molar-refractivity contribution in [2.24, 2.45) is 29.6 Å². The van der Waals surface area contributed by atoms with Crippen molar-refractivity contribution in [1.82, 2.24) is 4.90 Å². The number of aliphatic hydroxyl groups is 4. The number of fused-ring (bicyclic) bond motifs is 3. The van der Waals surface area contributed by atoms with Gasteiger partial charge < -0.3 is 44.3 Å². The molecule has 14 heteroatoms. The second-order valence-electron chi connectivity index (χ2n) is 18.9. The SMILES string of the molecule is CO[C@@H]1C[C@H](C[C@@H](C)[C@@H]2CC(=O)[C@H](C)/C=C(\C)[C@@H](O)[C@@H](OC)C(=O)[C@H](C)C[C@H](C)/C=C/C=C/C=C(\C)[C@@H](O)C[C@@H]3CCC[C@@](O)(O3)C(=O)C(=O)N3CCCC[C@H]3C(=O)O2)CC[C@H]1O. The maximum Gasteiger partial charge on any atom is 0.329 e. The molecular weight excluding hydrogens is 811 g/mol. The van der Waals surface area contributed by atoms with Crippen LogP contribution in [-0.4, -0.2) is 130 Å². The van der Waals surface area contributed by atoms with Crippen LogP contribution in [0.25, 0.3) is 0 Å². The lowest BCUT2D eigenvalue weighted by atomic mass is 9.78. The van der Waals surface area contributed by atoms with Crippen LogP contribution in [0.4, 0.5) is 0 Å². The second-order valence-corrected chi connectivity index (χ2v) is 18.9. The summed E-state index contributed by atoms with van der Waals surface area (Å²) in [6.07, 6.45) is 9.49. The number of hydrogen-bond donors (Lipinski definition) is 4. The van der Waals surface area contributed by atoms with E-state index in [1.165, 1.54) is 7.11 Å². The number of cyclic esters (lactones) is 1. The molecule has 3 heterocycles. The summed E-state index contributed by atoms with van der Waals surface area (Å²) in [5, 5.41) is 44.4. The minimum Gasteiger partial charge on any atom is -0.460 e. The molecule has 2 saturated heterocycles. The lowest BCUT2D eigenvalue weighted by Gasteiger charge is -2.39. The Bertz CT molecular complexity index is 1700. The zero-order valence-electron chi connectivity index (χ0n) is 38.8. The average Bonchev–Trinajstić information content (AvgIpc) is 3.25. The minimum atomic E-state index is -2.44. The van der Waals surface area contributed by atoms with Gasteiger partial charge in [0.2, 0.25) is 5.79 Å². The molecule has 1 saturated carbocycles. The molecule has 14 nitrogen and oxygen atoms in total. The molecule has 4 N–H and O–H groups in total. The van der Waals surface area contributed by atoms with Gasteiger partial charge in [-0.2, -0.15) is 0 Å². The predicted octanol–water partition coefficient (Wildman–Crippen LogP) is 5.28. The number of ether oxygens (including phenoxy) is 4. The number of amides is 1. The van der Waals surface area contributed by atoms with Gasteiger partial charge in [0.25, 0.3) is 11.7 Å². The number of esters is 1. The molecular formula is C49H75NO13. The van der Waals surface area contributed by atoms with Crippen molar-refractivity contribution in [1.29, 1.82) is 0 Å². The van der Waals surface area contributed by atoms with E-state index in [-0.39, 0.29) is 67.7 Å². The van der Waals surface area contributed by atoms with E-state index < -0.39 is 77.9 Å². The summed E-state index contributed by atoms with van der Waals surface area (Å²) < 4.78 is 23.2. The van der Waals surface area contributed by atoms with Crippen LogP contribution in [0.1, 0.15) is 125 Å². The van der Waals surface area contributed by atoms with Crippen molar-refractivity contribution in [2.45, 2.75) is 180 Å². The van der Waals surface area contributed by atoms with Gasteiger partial charge in [0, 0.05) is 51.9 Å². The number of Topliss-reactive ketones (excluding diaryl/α,β-unsaturated/α-hetero) is 3. The van der Waals surface area contributed by atoms with E-state index in [2.05, 4.69) is 0 Å². The van der Waals surface area contributed by atoms with Crippen molar-refractivity contribution in [3.63, 3.8) is 0 Å². The summed E-state index contributed by atoms with van der Waals surface area (Å²) in [5.41, 5.74) is 1.00. The van der Waals surface area contributed by atoms with Gasteiger partial charge in [-0.3, -0.25) is 19.2 Å². The summed E-state index contributed by atoms with van der Waals surface area (Å²) in [4.78, 5) is 71.0. The Labute approximate surface area is 374 Å². The summed E-state index contributed by atoms with van der Waals surface area (Å²) >= 11 is 0. The highest BCUT2D eigenvalue weighted by Gasteiger charge is 2.49. The Morgan fingerprint density at radius 2 is 1.60 bits per heavy atom. The molecule has 0 aromatic heterocycles. The number of hydrogen-bond acceptors (Lipinski definition) is 13. The first kappa shape index (κ1) is 52.3. The van der Waals surface area contributed by atoms with Gasteiger partial charge in [0.05, 0.1) is 24.4 Å². The van der Waals surface area contributed by atoms with E-state index in [9.17, 15) is 44.4 Å². The highest BCUT2D eigenvalue weighted by molar-refractivity contribution is 6.39. The average molecular weight is 886 g/mol. The highest BCUT2D eigenvalue weighted by Crippen LogP contribution is 2.35. The number of piperidine rings is 1. The Kier molecular flexibility index (Phi) is 20.1. The molecule has 2 bridgehead atoms. The zero-order chi connectivity index (χ0) is 46.6. The molecule has 14 atom stereocenters. The Hall–Kier alpha value is -3.37. The molecule has 3 fully saturated rings. The number of carbonyl (C=O) groups is 5. The van der Waals surface area contributed by atoms with E-state index >= 15 is 0 Å². The maximum absolute atomic E-state index is 14.3. The van der Waals surface area contributed by atoms with Gasteiger partial charge in [0.1, 0.15) is 30.1 Å². The Morgan fingerprint density at radius 3 is 2.30 bits per heavy atom. The second kappa shape index (κ2) is 24.2. The first-order valence-electron chi connectivity index (χ1n) is 23.1. The lowest BCUT2D eigenvalue weighted by molar-refractivity contribution is -0.244. The lowest BCUT2D eigenvalue weighted by Crippen LogP contribution is -2.58.